The fraction of sp³-hybridized carbons (Fsp3) is 0.333. The number of carboxylic acids is 2. The molecule has 2 aliphatic rings. The number of hydrogen-bond acceptors (Lipinski definition) is 6. The maximum Gasteiger partial charge on any atom is 0.328 e. The molecule has 0 spiro atoms. The number of rotatable bonds is 4. The van der Waals surface area contributed by atoms with Crippen LogP contribution in [-0.4, -0.2) is 54.3 Å². The van der Waals surface area contributed by atoms with Gasteiger partial charge in [0.25, 0.3) is 0 Å². The van der Waals surface area contributed by atoms with Gasteiger partial charge in [-0.15, -0.1) is 0 Å². The number of carboxylic acid groups (broad SMARTS) is 2. The Labute approximate surface area is 195 Å². The monoisotopic (exact) mass is 475 g/mol. The van der Waals surface area contributed by atoms with Gasteiger partial charge in [0.05, 0.1) is 12.0 Å². The van der Waals surface area contributed by atoms with E-state index in [4.69, 9.17) is 19.7 Å². The average Bonchev–Trinajstić information content (AvgIpc) is 2.94. The summed E-state index contributed by atoms with van der Waals surface area (Å²) < 4.78 is 25.6. The molecule has 176 valence electrons. The first-order valence-electron chi connectivity index (χ1n) is 10.4. The molecule has 2 aromatic carbocycles. The number of likely N-dealkylation sites (tertiary alicyclic amines) is 1. The number of benzene rings is 2. The van der Waals surface area contributed by atoms with E-state index in [2.05, 4.69) is 24.1 Å². The van der Waals surface area contributed by atoms with Gasteiger partial charge in [-0.3, -0.25) is 0 Å². The number of carbonyl (C=O) groups is 2. The van der Waals surface area contributed by atoms with E-state index < -0.39 is 11.9 Å². The summed E-state index contributed by atoms with van der Waals surface area (Å²) in [4.78, 5) is 23.4. The van der Waals surface area contributed by atoms with Crippen molar-refractivity contribution in [2.24, 2.45) is 5.92 Å². The third kappa shape index (κ3) is 6.72. The van der Waals surface area contributed by atoms with Crippen LogP contribution in [0.25, 0.3) is 0 Å². The van der Waals surface area contributed by atoms with E-state index in [1.54, 1.807) is 31.0 Å². The molecule has 0 bridgehead atoms. The van der Waals surface area contributed by atoms with E-state index in [1.165, 1.54) is 6.07 Å². The van der Waals surface area contributed by atoms with Crippen LogP contribution in [0.15, 0.2) is 58.3 Å². The second kappa shape index (κ2) is 11.2. The number of hydrogen-bond donors (Lipinski definition) is 2. The van der Waals surface area contributed by atoms with Gasteiger partial charge in [0.15, 0.2) is 0 Å². The van der Waals surface area contributed by atoms with E-state index in [9.17, 15) is 14.0 Å². The molecule has 33 heavy (non-hydrogen) atoms. The van der Waals surface area contributed by atoms with Crippen molar-refractivity contribution in [1.82, 2.24) is 4.90 Å². The minimum absolute atomic E-state index is 0.0296. The summed E-state index contributed by atoms with van der Waals surface area (Å²) in [5.41, 5.74) is 1.15. The van der Waals surface area contributed by atoms with Crippen LogP contribution < -0.4 is 9.47 Å². The second-order valence-corrected chi connectivity index (χ2v) is 8.87. The molecule has 2 aromatic rings. The third-order valence-corrected chi connectivity index (χ3v) is 6.59. The van der Waals surface area contributed by atoms with Crippen molar-refractivity contribution in [3.63, 3.8) is 0 Å². The van der Waals surface area contributed by atoms with Crippen LogP contribution in [0.5, 0.6) is 11.5 Å². The average molecular weight is 476 g/mol. The fourth-order valence-electron chi connectivity index (χ4n) is 3.77. The molecule has 0 amide bonds. The first kappa shape index (κ1) is 24.6. The number of halogens is 1. The topological polar surface area (TPSA) is 96.3 Å². The zero-order valence-corrected chi connectivity index (χ0v) is 19.2. The molecule has 0 aromatic heterocycles. The molecular weight excluding hydrogens is 449 g/mol. The summed E-state index contributed by atoms with van der Waals surface area (Å²) in [5.74, 6) is -0.704. The van der Waals surface area contributed by atoms with Crippen molar-refractivity contribution in [1.29, 1.82) is 0 Å². The highest BCUT2D eigenvalue weighted by Gasteiger charge is 2.33. The highest BCUT2D eigenvalue weighted by atomic mass is 32.2. The molecule has 7 nitrogen and oxygen atoms in total. The Kier molecular flexibility index (Phi) is 8.35. The van der Waals surface area contributed by atoms with Gasteiger partial charge < -0.3 is 24.6 Å². The van der Waals surface area contributed by atoms with Crippen molar-refractivity contribution in [3.8, 4) is 11.5 Å². The lowest BCUT2D eigenvalue weighted by Crippen LogP contribution is -2.34. The lowest BCUT2D eigenvalue weighted by Gasteiger charge is -2.34. The molecule has 2 aliphatic heterocycles. The number of fused-ring (bicyclic) bond motifs is 2. The van der Waals surface area contributed by atoms with Gasteiger partial charge in [-0.25, -0.2) is 14.0 Å². The van der Waals surface area contributed by atoms with Crippen LogP contribution in [0.3, 0.4) is 0 Å². The van der Waals surface area contributed by atoms with Crippen molar-refractivity contribution in [3.05, 3.63) is 59.9 Å². The summed E-state index contributed by atoms with van der Waals surface area (Å²) in [5, 5.41) is 15.6. The number of piperidine rings is 1. The smallest absolute Gasteiger partial charge is 0.328 e. The number of ether oxygens (including phenoxy) is 2. The molecule has 9 heteroatoms. The molecular formula is C24H26FNO6S. The predicted octanol–water partition coefficient (Wildman–Crippen LogP) is 4.47. The minimum Gasteiger partial charge on any atom is -0.497 e. The Morgan fingerprint density at radius 1 is 1.09 bits per heavy atom. The van der Waals surface area contributed by atoms with E-state index in [0.29, 0.717) is 18.1 Å². The van der Waals surface area contributed by atoms with Crippen molar-refractivity contribution in [2.75, 3.05) is 27.2 Å². The first-order chi connectivity index (χ1) is 15.8. The third-order valence-electron chi connectivity index (χ3n) is 5.46. The Bertz CT molecular complexity index is 1020. The number of aliphatic carboxylic acids is 2. The van der Waals surface area contributed by atoms with Crippen LogP contribution in [0.1, 0.15) is 24.5 Å². The quantitative estimate of drug-likeness (QED) is 0.626. The van der Waals surface area contributed by atoms with Crippen LogP contribution in [0, 0.1) is 11.7 Å². The summed E-state index contributed by atoms with van der Waals surface area (Å²) in [6.45, 7) is 2.15. The Morgan fingerprint density at radius 3 is 2.36 bits per heavy atom. The Hall–Kier alpha value is -3.04. The molecule has 2 heterocycles. The largest absolute Gasteiger partial charge is 0.497 e. The Morgan fingerprint density at radius 2 is 1.76 bits per heavy atom. The standard InChI is InChI=1S/C20H22FNO2S.C4H4O4/c1-22-9-7-13(8-10-22)20-16-12-15(23-2)4-6-18(16)25-19-11-14(21)3-5-17(19)24-20;5-3(6)1-2-4(7)8/h3-6,11-13,20H,7-10H2,1-2H3;1-2H,(H,5,6)(H,7,8). The molecule has 4 rings (SSSR count). The molecule has 2 N–H and O–H groups in total. The van der Waals surface area contributed by atoms with E-state index >= 15 is 0 Å². The SMILES string of the molecule is COc1ccc2c(c1)C(C1CCN(C)CC1)Oc1ccc(F)cc1S2.O=C(O)C=CC(=O)O. The van der Waals surface area contributed by atoms with E-state index in [1.807, 2.05) is 6.07 Å². The van der Waals surface area contributed by atoms with Crippen LogP contribution in [0.4, 0.5) is 4.39 Å². The lowest BCUT2D eigenvalue weighted by molar-refractivity contribution is -0.134. The zero-order chi connectivity index (χ0) is 24.0. The molecule has 1 saturated heterocycles. The second-order valence-electron chi connectivity index (χ2n) is 7.79. The van der Waals surface area contributed by atoms with E-state index in [0.717, 1.165) is 52.8 Å². The molecule has 1 fully saturated rings. The van der Waals surface area contributed by atoms with Crippen LogP contribution in [-0.2, 0) is 9.59 Å². The van der Waals surface area contributed by atoms with Crippen LogP contribution in [0.2, 0.25) is 0 Å². The number of nitrogens with zero attached hydrogens (tertiary/aromatic N) is 1. The maximum absolute atomic E-state index is 13.7. The van der Waals surface area contributed by atoms with Crippen molar-refractivity contribution in [2.45, 2.75) is 28.7 Å². The van der Waals surface area contributed by atoms with Gasteiger partial charge >= 0.3 is 11.9 Å². The fourth-order valence-corrected chi connectivity index (χ4v) is 4.82. The lowest BCUT2D eigenvalue weighted by atomic mass is 9.87. The normalized spacial score (nSPS) is 18.2. The predicted molar refractivity (Wildman–Crippen MR) is 122 cm³/mol. The molecule has 1 atom stereocenters. The van der Waals surface area contributed by atoms with Crippen molar-refractivity contribution >= 4 is 23.7 Å². The summed E-state index contributed by atoms with van der Waals surface area (Å²) in [6, 6.07) is 10.9. The summed E-state index contributed by atoms with van der Waals surface area (Å²) in [7, 11) is 3.84. The van der Waals surface area contributed by atoms with Crippen LogP contribution >= 0.6 is 11.8 Å². The molecule has 0 aliphatic carbocycles. The van der Waals surface area contributed by atoms with E-state index in [-0.39, 0.29) is 11.9 Å². The number of methoxy groups -OCH3 is 1. The maximum atomic E-state index is 13.7. The van der Waals surface area contributed by atoms with Gasteiger partial charge in [0.2, 0.25) is 0 Å². The Balaban J connectivity index is 0.000000331. The van der Waals surface area contributed by atoms with Gasteiger partial charge in [-0.05, 0) is 69.4 Å². The molecule has 0 radical (unpaired) electrons. The van der Waals surface area contributed by atoms with Gasteiger partial charge in [0.1, 0.15) is 23.4 Å². The highest BCUT2D eigenvalue weighted by molar-refractivity contribution is 7.99. The highest BCUT2D eigenvalue weighted by Crippen LogP contribution is 2.48. The van der Waals surface area contributed by atoms with Gasteiger partial charge in [0, 0.05) is 28.5 Å². The first-order valence-corrected chi connectivity index (χ1v) is 11.2. The zero-order valence-electron chi connectivity index (χ0n) is 18.4. The van der Waals surface area contributed by atoms with Gasteiger partial charge in [-0.2, -0.15) is 0 Å². The molecule has 0 saturated carbocycles. The minimum atomic E-state index is -1.26. The van der Waals surface area contributed by atoms with Gasteiger partial charge in [-0.1, -0.05) is 11.8 Å². The summed E-state index contributed by atoms with van der Waals surface area (Å²) in [6.07, 6.45) is 3.28. The van der Waals surface area contributed by atoms with Crippen molar-refractivity contribution < 1.29 is 33.7 Å². The summed E-state index contributed by atoms with van der Waals surface area (Å²) >= 11 is 1.57. The molecule has 1 unspecified atom stereocenters.